The molecule has 1 unspecified atom stereocenters. The van der Waals surface area contributed by atoms with Crippen LogP contribution in [0.15, 0.2) is 11.6 Å². The first-order chi connectivity index (χ1) is 9.97. The quantitative estimate of drug-likeness (QED) is 0.786. The summed E-state index contributed by atoms with van der Waals surface area (Å²) >= 11 is 1.46. The summed E-state index contributed by atoms with van der Waals surface area (Å²) in [5.74, 6) is 0.387. The van der Waals surface area contributed by atoms with Gasteiger partial charge in [0.15, 0.2) is 0 Å². The molecule has 1 aromatic rings. The van der Waals surface area contributed by atoms with Crippen molar-refractivity contribution in [1.82, 2.24) is 19.3 Å². The van der Waals surface area contributed by atoms with Crippen LogP contribution in [-0.4, -0.2) is 43.4 Å². The predicted octanol–water partition coefficient (Wildman–Crippen LogP) is 1.19. The minimum absolute atomic E-state index is 0.269. The fourth-order valence-electron chi connectivity index (χ4n) is 2.40. The minimum atomic E-state index is -3.41. The van der Waals surface area contributed by atoms with Crippen molar-refractivity contribution >= 4 is 21.5 Å². The van der Waals surface area contributed by atoms with Gasteiger partial charge in [0.1, 0.15) is 5.01 Å². The van der Waals surface area contributed by atoms with Gasteiger partial charge >= 0.3 is 0 Å². The van der Waals surface area contributed by atoms with E-state index in [1.54, 1.807) is 10.5 Å². The van der Waals surface area contributed by atoms with Crippen molar-refractivity contribution in [3.8, 4) is 0 Å². The zero-order chi connectivity index (χ0) is 15.3. The molecule has 0 aliphatic carbocycles. The van der Waals surface area contributed by atoms with Crippen LogP contribution in [-0.2, 0) is 16.8 Å². The maximum Gasteiger partial charge on any atom is 0.279 e. The lowest BCUT2D eigenvalue weighted by Crippen LogP contribution is -2.47. The lowest BCUT2D eigenvalue weighted by molar-refractivity contribution is 0.254. The van der Waals surface area contributed by atoms with Gasteiger partial charge in [0, 0.05) is 30.7 Å². The third kappa shape index (κ3) is 5.30. The molecule has 1 aliphatic heterocycles. The molecule has 0 amide bonds. The Morgan fingerprint density at radius 2 is 2.33 bits per heavy atom. The highest BCUT2D eigenvalue weighted by Gasteiger charge is 2.28. The van der Waals surface area contributed by atoms with E-state index < -0.39 is 10.2 Å². The van der Waals surface area contributed by atoms with E-state index in [0.29, 0.717) is 25.0 Å². The van der Waals surface area contributed by atoms with Gasteiger partial charge in [0.05, 0.1) is 6.54 Å². The summed E-state index contributed by atoms with van der Waals surface area (Å²) in [4.78, 5) is 4.09. The average molecular weight is 332 g/mol. The first kappa shape index (κ1) is 16.8. The van der Waals surface area contributed by atoms with Crippen molar-refractivity contribution in [2.24, 2.45) is 5.92 Å². The number of nitrogens with one attached hydrogen (secondary N) is 2. The van der Waals surface area contributed by atoms with Gasteiger partial charge in [0.25, 0.3) is 10.2 Å². The number of hydrogen-bond donors (Lipinski definition) is 2. The molecule has 1 fully saturated rings. The first-order valence-electron chi connectivity index (χ1n) is 7.34. The summed E-state index contributed by atoms with van der Waals surface area (Å²) in [6.45, 7) is 6.54. The van der Waals surface area contributed by atoms with E-state index in [9.17, 15) is 8.42 Å². The minimum Gasteiger partial charge on any atom is -0.314 e. The third-order valence-electron chi connectivity index (χ3n) is 3.53. The fourth-order valence-corrected chi connectivity index (χ4v) is 4.32. The molecule has 0 radical (unpaired) electrons. The maximum atomic E-state index is 12.3. The van der Waals surface area contributed by atoms with Gasteiger partial charge in [-0.15, -0.1) is 11.3 Å². The number of hydrogen-bond acceptors (Lipinski definition) is 5. The average Bonchev–Trinajstić information content (AvgIpc) is 2.97. The van der Waals surface area contributed by atoms with Gasteiger partial charge in [-0.25, -0.2) is 4.98 Å². The van der Waals surface area contributed by atoms with Crippen molar-refractivity contribution in [3.63, 3.8) is 0 Å². The highest BCUT2D eigenvalue weighted by molar-refractivity contribution is 7.87. The topological polar surface area (TPSA) is 74.3 Å². The first-order valence-corrected chi connectivity index (χ1v) is 9.66. The Balaban J connectivity index is 1.86. The zero-order valence-electron chi connectivity index (χ0n) is 12.6. The number of rotatable bonds is 7. The van der Waals surface area contributed by atoms with Gasteiger partial charge in [-0.1, -0.05) is 13.8 Å². The van der Waals surface area contributed by atoms with Gasteiger partial charge in [-0.05, 0) is 25.3 Å². The number of thiazole rings is 1. The molecule has 8 heteroatoms. The Hall–Kier alpha value is -0.540. The third-order valence-corrected chi connectivity index (χ3v) is 5.83. The highest BCUT2D eigenvalue weighted by atomic mass is 32.2. The van der Waals surface area contributed by atoms with E-state index in [4.69, 9.17) is 0 Å². The Morgan fingerprint density at radius 3 is 3.00 bits per heavy atom. The van der Waals surface area contributed by atoms with Gasteiger partial charge in [0.2, 0.25) is 0 Å². The second-order valence-corrected chi connectivity index (χ2v) is 8.42. The number of aromatic nitrogens is 1. The Kier molecular flexibility index (Phi) is 6.12. The molecule has 1 atom stereocenters. The lowest BCUT2D eigenvalue weighted by Gasteiger charge is -2.32. The van der Waals surface area contributed by atoms with Crippen molar-refractivity contribution in [1.29, 1.82) is 0 Å². The molecular formula is C13H24N4O2S2. The summed E-state index contributed by atoms with van der Waals surface area (Å²) in [5.41, 5.74) is 0. The van der Waals surface area contributed by atoms with E-state index in [1.807, 2.05) is 5.38 Å². The summed E-state index contributed by atoms with van der Waals surface area (Å²) in [6.07, 6.45) is 3.68. The van der Waals surface area contributed by atoms with Crippen LogP contribution in [0.2, 0.25) is 0 Å². The lowest BCUT2D eigenvalue weighted by atomic mass is 9.99. The molecular weight excluding hydrogens is 308 g/mol. The molecule has 1 aromatic heterocycles. The SMILES string of the molecule is CC(C)NCC1CCCN(S(=O)(=O)NCc2nccs2)C1. The van der Waals surface area contributed by atoms with E-state index in [1.165, 1.54) is 11.3 Å². The van der Waals surface area contributed by atoms with Crippen molar-refractivity contribution in [3.05, 3.63) is 16.6 Å². The normalized spacial score (nSPS) is 21.0. The smallest absolute Gasteiger partial charge is 0.279 e. The van der Waals surface area contributed by atoms with E-state index >= 15 is 0 Å². The molecule has 0 saturated carbocycles. The molecule has 1 aliphatic rings. The van der Waals surface area contributed by atoms with Crippen LogP contribution in [0, 0.1) is 5.92 Å². The number of piperidine rings is 1. The summed E-state index contributed by atoms with van der Waals surface area (Å²) in [6, 6.07) is 0.431. The second kappa shape index (κ2) is 7.64. The summed E-state index contributed by atoms with van der Waals surface area (Å²) < 4.78 is 28.9. The highest BCUT2D eigenvalue weighted by Crippen LogP contribution is 2.18. The molecule has 120 valence electrons. The molecule has 0 spiro atoms. The van der Waals surface area contributed by atoms with Crippen LogP contribution >= 0.6 is 11.3 Å². The maximum absolute atomic E-state index is 12.3. The Bertz CT molecular complexity index is 516. The summed E-state index contributed by atoms with van der Waals surface area (Å²) in [5, 5.41) is 6.02. The van der Waals surface area contributed by atoms with E-state index in [0.717, 1.165) is 24.4 Å². The molecule has 2 rings (SSSR count). The van der Waals surface area contributed by atoms with Crippen LogP contribution in [0.3, 0.4) is 0 Å². The Labute approximate surface area is 131 Å². The van der Waals surface area contributed by atoms with Crippen LogP contribution in [0.5, 0.6) is 0 Å². The largest absolute Gasteiger partial charge is 0.314 e. The molecule has 0 bridgehead atoms. The van der Waals surface area contributed by atoms with Gasteiger partial charge < -0.3 is 5.32 Å². The molecule has 1 saturated heterocycles. The molecule has 6 nitrogen and oxygen atoms in total. The van der Waals surface area contributed by atoms with Crippen LogP contribution in [0.25, 0.3) is 0 Å². The van der Waals surface area contributed by atoms with E-state index in [2.05, 4.69) is 28.9 Å². The van der Waals surface area contributed by atoms with Crippen LogP contribution in [0.1, 0.15) is 31.7 Å². The van der Waals surface area contributed by atoms with Crippen LogP contribution in [0.4, 0.5) is 0 Å². The molecule has 0 aromatic carbocycles. The van der Waals surface area contributed by atoms with Crippen LogP contribution < -0.4 is 10.0 Å². The zero-order valence-corrected chi connectivity index (χ0v) is 14.2. The Morgan fingerprint density at radius 1 is 1.52 bits per heavy atom. The fraction of sp³-hybridized carbons (Fsp3) is 0.769. The summed E-state index contributed by atoms with van der Waals surface area (Å²) in [7, 11) is -3.41. The van der Waals surface area contributed by atoms with Gasteiger partial charge in [-0.3, -0.25) is 0 Å². The predicted molar refractivity (Wildman–Crippen MR) is 85.3 cm³/mol. The van der Waals surface area contributed by atoms with Gasteiger partial charge in [-0.2, -0.15) is 17.4 Å². The molecule has 2 heterocycles. The molecule has 21 heavy (non-hydrogen) atoms. The van der Waals surface area contributed by atoms with E-state index in [-0.39, 0.29) is 6.54 Å². The van der Waals surface area contributed by atoms with Crippen molar-refractivity contribution in [2.75, 3.05) is 19.6 Å². The van der Waals surface area contributed by atoms with Crippen molar-refractivity contribution < 1.29 is 8.42 Å². The standard InChI is InChI=1S/C13H24N4O2S2/c1-11(2)15-8-12-4-3-6-17(10-12)21(18,19)16-9-13-14-5-7-20-13/h5,7,11-12,15-16H,3-4,6,8-10H2,1-2H3. The van der Waals surface area contributed by atoms with Crippen molar-refractivity contribution in [2.45, 2.75) is 39.3 Å². The monoisotopic (exact) mass is 332 g/mol. The molecule has 2 N–H and O–H groups in total. The number of nitrogens with zero attached hydrogens (tertiary/aromatic N) is 2. The second-order valence-electron chi connectivity index (χ2n) is 5.68.